The Hall–Kier alpha value is -3.34. The predicted octanol–water partition coefficient (Wildman–Crippen LogP) is 3.37. The lowest BCUT2D eigenvalue weighted by Gasteiger charge is -2.23. The van der Waals surface area contributed by atoms with Gasteiger partial charge in [-0.05, 0) is 29.8 Å². The lowest BCUT2D eigenvalue weighted by Crippen LogP contribution is -2.31. The Morgan fingerprint density at radius 3 is 2.54 bits per heavy atom. The van der Waals surface area contributed by atoms with Crippen molar-refractivity contribution in [2.24, 2.45) is 0 Å². The van der Waals surface area contributed by atoms with Gasteiger partial charge in [0, 0.05) is 6.20 Å². The molecule has 130 valence electrons. The number of fused-ring (bicyclic) bond motifs is 1. The van der Waals surface area contributed by atoms with Gasteiger partial charge in [0.15, 0.2) is 11.5 Å². The maximum Gasteiger partial charge on any atom is 0.255 e. The third-order valence-corrected chi connectivity index (χ3v) is 4.20. The molecule has 4 rings (SSSR count). The maximum absolute atomic E-state index is 13.0. The van der Waals surface area contributed by atoms with Crippen LogP contribution in [0.25, 0.3) is 0 Å². The van der Waals surface area contributed by atoms with Crippen LogP contribution in [0.15, 0.2) is 72.9 Å². The maximum atomic E-state index is 13.0. The topological polar surface area (TPSA) is 60.5 Å². The number of amides is 1. The van der Waals surface area contributed by atoms with Gasteiger partial charge in [-0.15, -0.1) is 0 Å². The number of ether oxygens (including phenoxy) is 2. The number of hydrogen-bond acceptors (Lipinski definition) is 4. The van der Waals surface area contributed by atoms with E-state index in [1.54, 1.807) is 24.4 Å². The Kier molecular flexibility index (Phi) is 4.51. The highest BCUT2D eigenvalue weighted by atomic mass is 16.6. The molecular weight excluding hydrogens is 328 g/mol. The van der Waals surface area contributed by atoms with Crippen molar-refractivity contribution in [1.82, 2.24) is 10.3 Å². The van der Waals surface area contributed by atoms with Crippen molar-refractivity contribution in [2.75, 3.05) is 13.2 Å². The van der Waals surface area contributed by atoms with Gasteiger partial charge < -0.3 is 14.8 Å². The number of carbonyl (C=O) groups excluding carboxylic acids is 1. The summed E-state index contributed by atoms with van der Waals surface area (Å²) in [5.74, 6) is 0.855. The fourth-order valence-corrected chi connectivity index (χ4v) is 2.98. The van der Waals surface area contributed by atoms with Crippen molar-refractivity contribution in [3.63, 3.8) is 0 Å². The minimum absolute atomic E-state index is 0.230. The molecule has 0 radical (unpaired) electrons. The van der Waals surface area contributed by atoms with Crippen LogP contribution < -0.4 is 14.8 Å². The first-order valence-electron chi connectivity index (χ1n) is 8.48. The third-order valence-electron chi connectivity index (χ3n) is 4.20. The minimum atomic E-state index is -0.356. The van der Waals surface area contributed by atoms with Crippen LogP contribution in [0.2, 0.25) is 0 Å². The van der Waals surface area contributed by atoms with Crippen molar-refractivity contribution in [3.8, 4) is 11.5 Å². The van der Waals surface area contributed by atoms with Gasteiger partial charge in [0.2, 0.25) is 0 Å². The van der Waals surface area contributed by atoms with Crippen LogP contribution in [0.3, 0.4) is 0 Å². The molecule has 1 aliphatic rings. The lowest BCUT2D eigenvalue weighted by atomic mass is 10.0. The molecule has 1 aliphatic heterocycles. The molecule has 1 N–H and O–H groups in total. The number of hydrogen-bond donors (Lipinski definition) is 1. The summed E-state index contributed by atoms with van der Waals surface area (Å²) in [7, 11) is 0. The number of carbonyl (C=O) groups is 1. The molecule has 1 aromatic heterocycles. The van der Waals surface area contributed by atoms with E-state index in [0.717, 1.165) is 11.3 Å². The highest BCUT2D eigenvalue weighted by Crippen LogP contribution is 2.34. The predicted molar refractivity (Wildman–Crippen MR) is 97.4 cm³/mol. The van der Waals surface area contributed by atoms with E-state index in [1.165, 1.54) is 0 Å². The molecule has 0 fully saturated rings. The van der Waals surface area contributed by atoms with Crippen LogP contribution in [-0.2, 0) is 0 Å². The largest absolute Gasteiger partial charge is 0.486 e. The molecule has 0 bridgehead atoms. The molecule has 0 spiro atoms. The summed E-state index contributed by atoms with van der Waals surface area (Å²) < 4.78 is 11.2. The van der Waals surface area contributed by atoms with Crippen molar-refractivity contribution in [3.05, 3.63) is 89.7 Å². The molecule has 0 saturated heterocycles. The van der Waals surface area contributed by atoms with Crippen LogP contribution in [0.4, 0.5) is 0 Å². The van der Waals surface area contributed by atoms with Gasteiger partial charge in [-0.1, -0.05) is 42.5 Å². The highest BCUT2D eigenvalue weighted by molar-refractivity contribution is 5.98. The fraction of sp³-hybridized carbons (Fsp3) is 0.143. The number of para-hydroxylation sites is 1. The molecule has 1 amide bonds. The molecule has 0 aliphatic carbocycles. The standard InChI is InChI=1S/C21H18N2O3/c24-21(16-9-6-11-18-20(16)26-14-13-25-18)23-19(15-7-2-1-3-8-15)17-10-4-5-12-22-17/h1-12,19H,13-14H2,(H,23,24)/t19-/m1/s1. The lowest BCUT2D eigenvalue weighted by molar-refractivity contribution is 0.0931. The molecule has 0 saturated carbocycles. The second-order valence-electron chi connectivity index (χ2n) is 5.90. The highest BCUT2D eigenvalue weighted by Gasteiger charge is 2.24. The normalized spacial score (nSPS) is 13.7. The molecule has 1 atom stereocenters. The number of pyridine rings is 1. The first-order valence-corrected chi connectivity index (χ1v) is 8.48. The summed E-state index contributed by atoms with van der Waals surface area (Å²) in [6.45, 7) is 0.915. The second kappa shape index (κ2) is 7.27. The first kappa shape index (κ1) is 16.1. The van der Waals surface area contributed by atoms with Crippen molar-refractivity contribution >= 4 is 5.91 Å². The Morgan fingerprint density at radius 2 is 1.73 bits per heavy atom. The fourth-order valence-electron chi connectivity index (χ4n) is 2.98. The van der Waals surface area contributed by atoms with Gasteiger partial charge in [0.25, 0.3) is 5.91 Å². The summed E-state index contributed by atoms with van der Waals surface area (Å²) in [6, 6.07) is 20.4. The molecule has 5 heteroatoms. The summed E-state index contributed by atoms with van der Waals surface area (Å²) in [5.41, 5.74) is 2.19. The van der Waals surface area contributed by atoms with Gasteiger partial charge in [-0.3, -0.25) is 9.78 Å². The van der Waals surface area contributed by atoms with E-state index in [4.69, 9.17) is 9.47 Å². The number of nitrogens with one attached hydrogen (secondary N) is 1. The molecule has 2 aromatic carbocycles. The van der Waals surface area contributed by atoms with E-state index in [9.17, 15) is 4.79 Å². The zero-order valence-electron chi connectivity index (χ0n) is 14.1. The zero-order valence-corrected chi connectivity index (χ0v) is 14.1. The molecule has 0 unspecified atom stereocenters. The summed E-state index contributed by atoms with van der Waals surface area (Å²) >= 11 is 0. The van der Waals surface area contributed by atoms with Crippen LogP contribution in [0, 0.1) is 0 Å². The van der Waals surface area contributed by atoms with Gasteiger partial charge in [0.1, 0.15) is 13.2 Å². The summed E-state index contributed by atoms with van der Waals surface area (Å²) in [6.07, 6.45) is 1.72. The zero-order chi connectivity index (χ0) is 17.8. The van der Waals surface area contributed by atoms with Crippen LogP contribution in [-0.4, -0.2) is 24.1 Å². The average Bonchev–Trinajstić information content (AvgIpc) is 2.72. The van der Waals surface area contributed by atoms with E-state index >= 15 is 0 Å². The molecule has 5 nitrogen and oxygen atoms in total. The first-order chi connectivity index (χ1) is 12.8. The van der Waals surface area contributed by atoms with Gasteiger partial charge in [-0.2, -0.15) is 0 Å². The monoisotopic (exact) mass is 346 g/mol. The van der Waals surface area contributed by atoms with E-state index < -0.39 is 0 Å². The number of aromatic nitrogens is 1. The van der Waals surface area contributed by atoms with Gasteiger partial charge >= 0.3 is 0 Å². The van der Waals surface area contributed by atoms with E-state index in [-0.39, 0.29) is 11.9 Å². The van der Waals surface area contributed by atoms with Crippen LogP contribution in [0.1, 0.15) is 27.7 Å². The average molecular weight is 346 g/mol. The van der Waals surface area contributed by atoms with Crippen molar-refractivity contribution in [2.45, 2.75) is 6.04 Å². The Balaban J connectivity index is 1.67. The number of rotatable bonds is 4. The van der Waals surface area contributed by atoms with Crippen LogP contribution in [0.5, 0.6) is 11.5 Å². The van der Waals surface area contributed by atoms with Crippen LogP contribution >= 0.6 is 0 Å². The molecule has 2 heterocycles. The van der Waals surface area contributed by atoms with E-state index in [0.29, 0.717) is 30.3 Å². The third kappa shape index (κ3) is 3.24. The molecule has 3 aromatic rings. The second-order valence-corrected chi connectivity index (χ2v) is 5.90. The van der Waals surface area contributed by atoms with Gasteiger partial charge in [-0.25, -0.2) is 0 Å². The van der Waals surface area contributed by atoms with Crippen molar-refractivity contribution < 1.29 is 14.3 Å². The SMILES string of the molecule is O=C(N[C@H](c1ccccc1)c1ccccn1)c1cccc2c1OCCO2. The Bertz CT molecular complexity index is 858. The number of benzene rings is 2. The molecular formula is C21H18N2O3. The quantitative estimate of drug-likeness (QED) is 0.787. The smallest absolute Gasteiger partial charge is 0.255 e. The molecule has 26 heavy (non-hydrogen) atoms. The van der Waals surface area contributed by atoms with E-state index in [2.05, 4.69) is 10.3 Å². The van der Waals surface area contributed by atoms with E-state index in [1.807, 2.05) is 48.5 Å². The number of nitrogens with zero attached hydrogens (tertiary/aromatic N) is 1. The Morgan fingerprint density at radius 1 is 0.923 bits per heavy atom. The summed E-state index contributed by atoms with van der Waals surface area (Å²) in [5, 5.41) is 3.08. The van der Waals surface area contributed by atoms with Gasteiger partial charge in [0.05, 0.1) is 17.3 Å². The summed E-state index contributed by atoms with van der Waals surface area (Å²) in [4.78, 5) is 17.4. The minimum Gasteiger partial charge on any atom is -0.486 e. The Labute approximate surface area is 151 Å². The van der Waals surface area contributed by atoms with Crippen molar-refractivity contribution in [1.29, 1.82) is 0 Å².